The number of carbonyl (C=O) groups excluding carboxylic acids is 1. The number of thiazole rings is 1. The first-order chi connectivity index (χ1) is 13.5. The van der Waals surface area contributed by atoms with Crippen LogP contribution in [0.5, 0.6) is 0 Å². The molecule has 0 bridgehead atoms. The first kappa shape index (κ1) is 18.1. The SMILES string of the molecule is O=C(c1ccc([N+](=O)[O-])o1)N(Cc1ccccn1)c1nc2c(Cl)cccc2s1. The number of fused-ring (bicyclic) bond motifs is 1. The van der Waals surface area contributed by atoms with E-state index in [9.17, 15) is 14.9 Å². The predicted octanol–water partition coefficient (Wildman–Crippen LogP) is 4.69. The van der Waals surface area contributed by atoms with Gasteiger partial charge in [-0.25, -0.2) is 4.98 Å². The van der Waals surface area contributed by atoms with Gasteiger partial charge < -0.3 is 4.42 Å². The molecule has 10 heteroatoms. The van der Waals surface area contributed by atoms with Crippen molar-refractivity contribution in [3.8, 4) is 0 Å². The fourth-order valence-corrected chi connectivity index (χ4v) is 3.84. The van der Waals surface area contributed by atoms with Crippen LogP contribution < -0.4 is 4.90 Å². The highest BCUT2D eigenvalue weighted by Crippen LogP contribution is 2.34. The zero-order chi connectivity index (χ0) is 19.7. The highest BCUT2D eigenvalue weighted by atomic mass is 35.5. The summed E-state index contributed by atoms with van der Waals surface area (Å²) in [6.45, 7) is 0.117. The van der Waals surface area contributed by atoms with Crippen molar-refractivity contribution >= 4 is 50.1 Å². The van der Waals surface area contributed by atoms with E-state index in [1.165, 1.54) is 22.3 Å². The van der Waals surface area contributed by atoms with Gasteiger partial charge in [0.2, 0.25) is 0 Å². The number of halogens is 1. The summed E-state index contributed by atoms with van der Waals surface area (Å²) in [4.78, 5) is 33.3. The number of hydrogen-bond acceptors (Lipinski definition) is 7. The lowest BCUT2D eigenvalue weighted by atomic mass is 10.3. The van der Waals surface area contributed by atoms with Gasteiger partial charge in [0, 0.05) is 6.20 Å². The van der Waals surface area contributed by atoms with Gasteiger partial charge in [0.15, 0.2) is 10.9 Å². The number of para-hydroxylation sites is 1. The van der Waals surface area contributed by atoms with Crippen LogP contribution >= 0.6 is 22.9 Å². The minimum absolute atomic E-state index is 0.117. The number of nitro groups is 1. The first-order valence-electron chi connectivity index (χ1n) is 8.04. The standard InChI is InChI=1S/C18H11ClN4O4S/c19-12-5-3-6-14-16(12)21-18(28-14)22(10-11-4-1-2-9-20-11)17(24)13-7-8-15(27-13)23(25)26/h1-9H,10H2. The van der Waals surface area contributed by atoms with Crippen LogP contribution in [0.25, 0.3) is 10.2 Å². The molecule has 3 heterocycles. The number of hydrogen-bond donors (Lipinski definition) is 0. The Morgan fingerprint density at radius 3 is 2.75 bits per heavy atom. The summed E-state index contributed by atoms with van der Waals surface area (Å²) in [5.41, 5.74) is 1.20. The first-order valence-corrected chi connectivity index (χ1v) is 9.23. The smallest absolute Gasteiger partial charge is 0.395 e. The molecule has 4 rings (SSSR count). The number of benzene rings is 1. The Morgan fingerprint density at radius 2 is 2.07 bits per heavy atom. The van der Waals surface area contributed by atoms with E-state index >= 15 is 0 Å². The number of aromatic nitrogens is 2. The second kappa shape index (κ2) is 7.37. The number of amides is 1. The summed E-state index contributed by atoms with van der Waals surface area (Å²) in [6.07, 6.45) is 1.62. The normalized spacial score (nSPS) is 10.9. The molecule has 0 unspecified atom stereocenters. The minimum atomic E-state index is -0.697. The minimum Gasteiger partial charge on any atom is -0.395 e. The third-order valence-electron chi connectivity index (χ3n) is 3.86. The van der Waals surface area contributed by atoms with Crippen LogP contribution in [0.4, 0.5) is 11.0 Å². The number of rotatable bonds is 5. The van der Waals surface area contributed by atoms with Gasteiger partial charge in [-0.05, 0) is 30.3 Å². The van der Waals surface area contributed by atoms with E-state index in [4.69, 9.17) is 16.0 Å². The van der Waals surface area contributed by atoms with Gasteiger partial charge in [0.1, 0.15) is 10.4 Å². The molecule has 3 aromatic heterocycles. The van der Waals surface area contributed by atoms with E-state index in [-0.39, 0.29) is 12.3 Å². The van der Waals surface area contributed by atoms with Gasteiger partial charge in [-0.2, -0.15) is 0 Å². The van der Waals surface area contributed by atoms with Crippen LogP contribution in [-0.4, -0.2) is 20.8 Å². The lowest BCUT2D eigenvalue weighted by Gasteiger charge is -2.18. The second-order valence-corrected chi connectivity index (χ2v) is 7.11. The maximum absolute atomic E-state index is 13.1. The molecular weight excluding hydrogens is 404 g/mol. The van der Waals surface area contributed by atoms with Crippen LogP contribution in [0.15, 0.2) is 59.1 Å². The van der Waals surface area contributed by atoms with Crippen molar-refractivity contribution in [3.63, 3.8) is 0 Å². The molecule has 140 valence electrons. The average molecular weight is 415 g/mol. The van der Waals surface area contributed by atoms with Crippen molar-refractivity contribution in [2.24, 2.45) is 0 Å². The Balaban J connectivity index is 1.77. The molecule has 0 spiro atoms. The van der Waals surface area contributed by atoms with Crippen LogP contribution in [-0.2, 0) is 6.54 Å². The van der Waals surface area contributed by atoms with E-state index < -0.39 is 16.7 Å². The van der Waals surface area contributed by atoms with E-state index in [0.29, 0.717) is 21.4 Å². The monoisotopic (exact) mass is 414 g/mol. The topological polar surface area (TPSA) is 102 Å². The van der Waals surface area contributed by atoms with Crippen molar-refractivity contribution in [3.05, 3.63) is 81.3 Å². The molecule has 8 nitrogen and oxygen atoms in total. The summed E-state index contributed by atoms with van der Waals surface area (Å²) in [6, 6.07) is 13.1. The molecule has 1 aromatic carbocycles. The zero-order valence-corrected chi connectivity index (χ0v) is 15.7. The third kappa shape index (κ3) is 3.45. The molecule has 0 radical (unpaired) electrons. The van der Waals surface area contributed by atoms with Crippen LogP contribution in [0.2, 0.25) is 5.02 Å². The molecule has 4 aromatic rings. The van der Waals surface area contributed by atoms with Gasteiger partial charge in [-0.15, -0.1) is 0 Å². The summed E-state index contributed by atoms with van der Waals surface area (Å²) >= 11 is 7.49. The van der Waals surface area contributed by atoms with E-state index in [0.717, 1.165) is 10.8 Å². The molecule has 0 N–H and O–H groups in total. The summed E-state index contributed by atoms with van der Waals surface area (Å²) in [5, 5.41) is 11.7. The Bertz CT molecular complexity index is 1170. The molecule has 28 heavy (non-hydrogen) atoms. The van der Waals surface area contributed by atoms with Crippen molar-refractivity contribution in [2.45, 2.75) is 6.54 Å². The molecule has 0 aliphatic heterocycles. The van der Waals surface area contributed by atoms with Crippen molar-refractivity contribution < 1.29 is 14.1 Å². The summed E-state index contributed by atoms with van der Waals surface area (Å²) in [5.74, 6) is -1.23. The van der Waals surface area contributed by atoms with Gasteiger partial charge in [-0.3, -0.25) is 24.8 Å². The molecule has 0 atom stereocenters. The van der Waals surface area contributed by atoms with Crippen LogP contribution in [0.1, 0.15) is 16.2 Å². The largest absolute Gasteiger partial charge is 0.433 e. The van der Waals surface area contributed by atoms with E-state index in [1.807, 2.05) is 6.07 Å². The number of pyridine rings is 1. The molecule has 0 saturated carbocycles. The fraction of sp³-hybridized carbons (Fsp3) is 0.0556. The lowest BCUT2D eigenvalue weighted by Crippen LogP contribution is -2.30. The van der Waals surface area contributed by atoms with Crippen LogP contribution in [0.3, 0.4) is 0 Å². The average Bonchev–Trinajstić information content (AvgIpc) is 3.34. The van der Waals surface area contributed by atoms with Crippen LogP contribution in [0, 0.1) is 10.1 Å². The van der Waals surface area contributed by atoms with Crippen molar-refractivity contribution in [1.82, 2.24) is 9.97 Å². The third-order valence-corrected chi connectivity index (χ3v) is 5.21. The van der Waals surface area contributed by atoms with Gasteiger partial charge in [0.05, 0.1) is 28.0 Å². The Kier molecular flexibility index (Phi) is 4.76. The quantitative estimate of drug-likeness (QED) is 0.346. The molecule has 1 amide bonds. The maximum Gasteiger partial charge on any atom is 0.433 e. The van der Waals surface area contributed by atoms with Gasteiger partial charge in [-0.1, -0.05) is 35.1 Å². The number of furan rings is 1. The molecule has 0 fully saturated rings. The number of anilines is 1. The maximum atomic E-state index is 13.1. The fourth-order valence-electron chi connectivity index (χ4n) is 2.57. The van der Waals surface area contributed by atoms with E-state index in [1.54, 1.807) is 36.5 Å². The summed E-state index contributed by atoms with van der Waals surface area (Å²) in [7, 11) is 0. The molecule has 0 saturated heterocycles. The second-order valence-electron chi connectivity index (χ2n) is 5.69. The number of nitrogens with zero attached hydrogens (tertiary/aromatic N) is 4. The molecule has 0 aliphatic carbocycles. The van der Waals surface area contributed by atoms with Gasteiger partial charge >= 0.3 is 5.88 Å². The zero-order valence-electron chi connectivity index (χ0n) is 14.1. The Labute approximate surface area is 167 Å². The Morgan fingerprint density at radius 1 is 1.21 bits per heavy atom. The van der Waals surface area contributed by atoms with Gasteiger partial charge in [0.25, 0.3) is 5.91 Å². The molecular formula is C18H11ClN4O4S. The van der Waals surface area contributed by atoms with E-state index in [2.05, 4.69) is 9.97 Å². The highest BCUT2D eigenvalue weighted by molar-refractivity contribution is 7.22. The van der Waals surface area contributed by atoms with Crippen molar-refractivity contribution in [2.75, 3.05) is 4.90 Å². The Hall–Kier alpha value is -3.30. The summed E-state index contributed by atoms with van der Waals surface area (Å²) < 4.78 is 5.90. The lowest BCUT2D eigenvalue weighted by molar-refractivity contribution is -0.402. The number of carbonyl (C=O) groups is 1. The highest BCUT2D eigenvalue weighted by Gasteiger charge is 2.27. The van der Waals surface area contributed by atoms with Crippen molar-refractivity contribution in [1.29, 1.82) is 0 Å². The molecule has 0 aliphatic rings. The predicted molar refractivity (Wildman–Crippen MR) is 105 cm³/mol.